The van der Waals surface area contributed by atoms with E-state index in [2.05, 4.69) is 0 Å². The number of nitrogen functional groups attached to an aromatic ring is 1. The van der Waals surface area contributed by atoms with E-state index < -0.39 is 0 Å². The smallest absolute Gasteiger partial charge is 0.203 e. The maximum Gasteiger partial charge on any atom is 0.203 e. The summed E-state index contributed by atoms with van der Waals surface area (Å²) in [4.78, 5) is 0. The van der Waals surface area contributed by atoms with Crippen molar-refractivity contribution in [1.29, 1.82) is 0 Å². The lowest BCUT2D eigenvalue weighted by Gasteiger charge is -2.14. The Bertz CT molecular complexity index is 628. The molecule has 0 atom stereocenters. The van der Waals surface area contributed by atoms with Crippen molar-refractivity contribution in [2.24, 2.45) is 0 Å². The molecular formula is C17H21NO4. The number of para-hydroxylation sites is 1. The van der Waals surface area contributed by atoms with Gasteiger partial charge in [-0.2, -0.15) is 0 Å². The van der Waals surface area contributed by atoms with E-state index in [1.165, 1.54) is 0 Å². The van der Waals surface area contributed by atoms with Crippen LogP contribution in [0, 0.1) is 6.92 Å². The van der Waals surface area contributed by atoms with E-state index in [0.717, 1.165) is 11.3 Å². The molecule has 22 heavy (non-hydrogen) atoms. The topological polar surface area (TPSA) is 62.9 Å². The first-order valence-corrected chi connectivity index (χ1v) is 6.98. The van der Waals surface area contributed by atoms with Gasteiger partial charge >= 0.3 is 0 Å². The highest BCUT2D eigenvalue weighted by atomic mass is 16.5. The molecule has 2 rings (SSSR count). The fourth-order valence-electron chi connectivity index (χ4n) is 1.99. The molecule has 0 fully saturated rings. The van der Waals surface area contributed by atoms with E-state index in [1.54, 1.807) is 14.2 Å². The van der Waals surface area contributed by atoms with Crippen molar-refractivity contribution < 1.29 is 18.9 Å². The van der Waals surface area contributed by atoms with Crippen LogP contribution in [0.15, 0.2) is 36.4 Å². The number of nitrogens with two attached hydrogens (primary N) is 1. The van der Waals surface area contributed by atoms with Crippen LogP contribution >= 0.6 is 0 Å². The molecule has 2 aromatic carbocycles. The number of methoxy groups -OCH3 is 2. The fourth-order valence-corrected chi connectivity index (χ4v) is 1.99. The second-order valence-corrected chi connectivity index (χ2v) is 4.71. The Hall–Kier alpha value is -2.56. The molecule has 0 aliphatic rings. The number of rotatable bonds is 7. The zero-order chi connectivity index (χ0) is 15.9. The number of ether oxygens (including phenoxy) is 4. The van der Waals surface area contributed by atoms with Crippen LogP contribution in [0.4, 0.5) is 5.69 Å². The predicted molar refractivity (Wildman–Crippen MR) is 86.1 cm³/mol. The molecule has 5 heteroatoms. The second-order valence-electron chi connectivity index (χ2n) is 4.71. The molecule has 0 spiro atoms. The van der Waals surface area contributed by atoms with Crippen LogP contribution < -0.4 is 24.7 Å². The largest absolute Gasteiger partial charge is 0.493 e. The van der Waals surface area contributed by atoms with Crippen LogP contribution in [0.1, 0.15) is 5.56 Å². The molecule has 0 bridgehead atoms. The van der Waals surface area contributed by atoms with Gasteiger partial charge in [0.1, 0.15) is 19.0 Å². The first kappa shape index (κ1) is 15.8. The maximum atomic E-state index is 5.84. The van der Waals surface area contributed by atoms with Gasteiger partial charge in [-0.25, -0.2) is 0 Å². The van der Waals surface area contributed by atoms with Crippen LogP contribution in [0.3, 0.4) is 0 Å². The highest BCUT2D eigenvalue weighted by Crippen LogP contribution is 2.36. The molecule has 5 nitrogen and oxygen atoms in total. The lowest BCUT2D eigenvalue weighted by molar-refractivity contribution is 0.209. The Balaban J connectivity index is 1.90. The summed E-state index contributed by atoms with van der Waals surface area (Å²) >= 11 is 0. The fraction of sp³-hybridized carbons (Fsp3) is 0.294. The number of aryl methyl sites for hydroxylation is 1. The van der Waals surface area contributed by atoms with E-state index in [-0.39, 0.29) is 0 Å². The van der Waals surface area contributed by atoms with Gasteiger partial charge in [-0.05, 0) is 30.7 Å². The van der Waals surface area contributed by atoms with E-state index in [4.69, 9.17) is 24.7 Å². The Morgan fingerprint density at radius 3 is 2.32 bits per heavy atom. The third-order valence-electron chi connectivity index (χ3n) is 3.23. The highest BCUT2D eigenvalue weighted by molar-refractivity contribution is 5.51. The van der Waals surface area contributed by atoms with Gasteiger partial charge in [0.05, 0.1) is 14.2 Å². The van der Waals surface area contributed by atoms with Crippen LogP contribution in [0.5, 0.6) is 23.0 Å². The van der Waals surface area contributed by atoms with Crippen molar-refractivity contribution in [3.8, 4) is 23.0 Å². The van der Waals surface area contributed by atoms with Gasteiger partial charge in [-0.15, -0.1) is 0 Å². The normalized spacial score (nSPS) is 10.1. The molecule has 0 unspecified atom stereocenters. The Morgan fingerprint density at radius 2 is 1.64 bits per heavy atom. The maximum absolute atomic E-state index is 5.84. The summed E-state index contributed by atoms with van der Waals surface area (Å²) in [5, 5.41) is 0. The van der Waals surface area contributed by atoms with Gasteiger partial charge < -0.3 is 24.7 Å². The molecule has 118 valence electrons. The zero-order valence-electron chi connectivity index (χ0n) is 13.1. The number of benzene rings is 2. The average Bonchev–Trinajstić information content (AvgIpc) is 2.54. The van der Waals surface area contributed by atoms with Crippen LogP contribution in [-0.4, -0.2) is 27.4 Å². The lowest BCUT2D eigenvalue weighted by atomic mass is 10.2. The van der Waals surface area contributed by atoms with E-state index >= 15 is 0 Å². The molecule has 2 aromatic rings. The van der Waals surface area contributed by atoms with Crippen molar-refractivity contribution in [2.45, 2.75) is 6.92 Å². The first-order valence-electron chi connectivity index (χ1n) is 6.98. The molecule has 0 heterocycles. The molecule has 0 aromatic heterocycles. The summed E-state index contributed by atoms with van der Waals surface area (Å²) in [5.74, 6) is 2.55. The minimum atomic E-state index is 0.386. The van der Waals surface area contributed by atoms with Crippen LogP contribution in [0.25, 0.3) is 0 Å². The minimum Gasteiger partial charge on any atom is -0.493 e. The lowest BCUT2D eigenvalue weighted by Crippen LogP contribution is -2.10. The Labute approximate surface area is 130 Å². The Kier molecular flexibility index (Phi) is 5.36. The summed E-state index contributed by atoms with van der Waals surface area (Å²) in [5.41, 5.74) is 7.59. The number of anilines is 1. The molecule has 0 saturated carbocycles. The molecule has 0 aliphatic heterocycles. The van der Waals surface area contributed by atoms with Crippen LogP contribution in [0.2, 0.25) is 0 Å². The van der Waals surface area contributed by atoms with Crippen molar-refractivity contribution in [2.75, 3.05) is 33.2 Å². The predicted octanol–water partition coefficient (Wildman–Crippen LogP) is 3.05. The third kappa shape index (κ3) is 3.75. The van der Waals surface area contributed by atoms with Crippen molar-refractivity contribution >= 4 is 5.69 Å². The average molecular weight is 303 g/mol. The second kappa shape index (κ2) is 7.45. The Morgan fingerprint density at radius 1 is 0.909 bits per heavy atom. The molecule has 2 N–H and O–H groups in total. The van der Waals surface area contributed by atoms with E-state index in [9.17, 15) is 0 Å². The highest BCUT2D eigenvalue weighted by Gasteiger charge is 2.10. The molecule has 0 radical (unpaired) electrons. The summed E-state index contributed by atoms with van der Waals surface area (Å²) in [6.07, 6.45) is 0. The van der Waals surface area contributed by atoms with Gasteiger partial charge in [0, 0.05) is 11.8 Å². The zero-order valence-corrected chi connectivity index (χ0v) is 13.1. The van der Waals surface area contributed by atoms with Gasteiger partial charge in [0.15, 0.2) is 11.5 Å². The SMILES string of the molecule is COc1cccc(OCCOc2ccc(C)c(N)c2)c1OC. The van der Waals surface area contributed by atoms with Crippen molar-refractivity contribution in [3.63, 3.8) is 0 Å². The van der Waals surface area contributed by atoms with Gasteiger partial charge in [0.25, 0.3) is 0 Å². The van der Waals surface area contributed by atoms with E-state index in [1.807, 2.05) is 43.3 Å². The van der Waals surface area contributed by atoms with E-state index in [0.29, 0.717) is 36.1 Å². The summed E-state index contributed by atoms with van der Waals surface area (Å²) < 4.78 is 21.8. The first-order chi connectivity index (χ1) is 10.7. The third-order valence-corrected chi connectivity index (χ3v) is 3.23. The van der Waals surface area contributed by atoms with Gasteiger partial charge in [0.2, 0.25) is 5.75 Å². The number of hydrogen-bond acceptors (Lipinski definition) is 5. The summed E-state index contributed by atoms with van der Waals surface area (Å²) in [6.45, 7) is 2.75. The quantitative estimate of drug-likeness (QED) is 0.629. The van der Waals surface area contributed by atoms with Gasteiger partial charge in [-0.1, -0.05) is 12.1 Å². The number of hydrogen-bond donors (Lipinski definition) is 1. The molecule has 0 amide bonds. The molecule has 0 saturated heterocycles. The minimum absolute atomic E-state index is 0.386. The summed E-state index contributed by atoms with van der Waals surface area (Å²) in [7, 11) is 3.17. The van der Waals surface area contributed by atoms with Gasteiger partial charge in [-0.3, -0.25) is 0 Å². The van der Waals surface area contributed by atoms with Crippen molar-refractivity contribution in [1.82, 2.24) is 0 Å². The van der Waals surface area contributed by atoms with Crippen LogP contribution in [-0.2, 0) is 0 Å². The molecular weight excluding hydrogens is 282 g/mol. The monoisotopic (exact) mass is 303 g/mol. The summed E-state index contributed by atoms with van der Waals surface area (Å²) in [6, 6.07) is 11.1. The van der Waals surface area contributed by atoms with Crippen molar-refractivity contribution in [3.05, 3.63) is 42.0 Å². The standard InChI is InChI=1S/C17H21NO4/c1-12-7-8-13(11-14(12)18)21-9-10-22-16-6-4-5-15(19-2)17(16)20-3/h4-8,11H,9-10,18H2,1-3H3. The molecule has 0 aliphatic carbocycles.